The average Bonchev–Trinajstić information content (AvgIpc) is 2.54. The van der Waals surface area contributed by atoms with Gasteiger partial charge in [0.05, 0.1) is 24.6 Å². The standard InChI is InChI=1S/C17H25N3O2/c1-3-14-17(21)20(7-6-19-8-10-22-11-9-19)16-5-4-13(2)12-15(16)18-14/h4-5,12,14,18H,3,6-11H2,1-2H3. The SMILES string of the molecule is CCC1Nc2cc(C)ccc2N(CCN2CCOCC2)C1=O. The maximum atomic E-state index is 12.7. The molecule has 1 fully saturated rings. The van der Waals surface area contributed by atoms with Gasteiger partial charge in [-0.15, -0.1) is 0 Å². The van der Waals surface area contributed by atoms with Gasteiger partial charge in [0.1, 0.15) is 6.04 Å². The molecule has 2 heterocycles. The van der Waals surface area contributed by atoms with Gasteiger partial charge in [-0.2, -0.15) is 0 Å². The second kappa shape index (κ2) is 6.67. The summed E-state index contributed by atoms with van der Waals surface area (Å²) in [7, 11) is 0. The highest BCUT2D eigenvalue weighted by atomic mass is 16.5. The lowest BCUT2D eigenvalue weighted by Crippen LogP contribution is -2.50. The van der Waals surface area contributed by atoms with Crippen molar-refractivity contribution in [3.63, 3.8) is 0 Å². The van der Waals surface area contributed by atoms with Crippen LogP contribution in [0.5, 0.6) is 0 Å². The highest BCUT2D eigenvalue weighted by Gasteiger charge is 2.31. The fraction of sp³-hybridized carbons (Fsp3) is 0.588. The zero-order chi connectivity index (χ0) is 15.5. The first-order valence-corrected chi connectivity index (χ1v) is 8.17. The van der Waals surface area contributed by atoms with E-state index in [9.17, 15) is 4.79 Å². The molecule has 1 aromatic carbocycles. The van der Waals surface area contributed by atoms with Crippen LogP contribution in [0.25, 0.3) is 0 Å². The largest absolute Gasteiger partial charge is 0.379 e. The molecule has 0 radical (unpaired) electrons. The number of fused-ring (bicyclic) bond motifs is 1. The van der Waals surface area contributed by atoms with Crippen molar-refractivity contribution in [2.24, 2.45) is 0 Å². The molecule has 120 valence electrons. The molecule has 1 N–H and O–H groups in total. The smallest absolute Gasteiger partial charge is 0.249 e. The first-order valence-electron chi connectivity index (χ1n) is 8.17. The molecule has 3 rings (SSSR count). The molecule has 1 amide bonds. The number of ether oxygens (including phenoxy) is 1. The van der Waals surface area contributed by atoms with E-state index in [0.717, 1.165) is 57.2 Å². The molecule has 0 bridgehead atoms. The van der Waals surface area contributed by atoms with Crippen LogP contribution in [0.15, 0.2) is 18.2 Å². The number of hydrogen-bond donors (Lipinski definition) is 1. The van der Waals surface area contributed by atoms with Crippen LogP contribution in [0.1, 0.15) is 18.9 Å². The summed E-state index contributed by atoms with van der Waals surface area (Å²) in [5, 5.41) is 3.38. The van der Waals surface area contributed by atoms with Crippen LogP contribution >= 0.6 is 0 Å². The third-order valence-corrected chi connectivity index (χ3v) is 4.49. The third kappa shape index (κ3) is 3.10. The minimum Gasteiger partial charge on any atom is -0.379 e. The molecule has 5 heteroatoms. The van der Waals surface area contributed by atoms with Crippen molar-refractivity contribution in [2.45, 2.75) is 26.3 Å². The zero-order valence-corrected chi connectivity index (χ0v) is 13.5. The number of carbonyl (C=O) groups excluding carboxylic acids is 1. The summed E-state index contributed by atoms with van der Waals surface area (Å²) in [4.78, 5) is 17.0. The molecule has 1 unspecified atom stereocenters. The van der Waals surface area contributed by atoms with E-state index in [1.165, 1.54) is 5.56 Å². The average molecular weight is 303 g/mol. The van der Waals surface area contributed by atoms with Crippen molar-refractivity contribution in [1.29, 1.82) is 0 Å². The fourth-order valence-electron chi connectivity index (χ4n) is 3.13. The van der Waals surface area contributed by atoms with E-state index >= 15 is 0 Å². The quantitative estimate of drug-likeness (QED) is 0.922. The monoisotopic (exact) mass is 303 g/mol. The minimum absolute atomic E-state index is 0.112. The first-order chi connectivity index (χ1) is 10.7. The van der Waals surface area contributed by atoms with Gasteiger partial charge in [-0.1, -0.05) is 13.0 Å². The Balaban J connectivity index is 1.77. The van der Waals surface area contributed by atoms with Crippen molar-refractivity contribution in [3.8, 4) is 0 Å². The molecule has 22 heavy (non-hydrogen) atoms. The van der Waals surface area contributed by atoms with E-state index in [2.05, 4.69) is 42.3 Å². The van der Waals surface area contributed by atoms with Gasteiger partial charge < -0.3 is 15.0 Å². The van der Waals surface area contributed by atoms with Crippen LogP contribution in [0.3, 0.4) is 0 Å². The summed E-state index contributed by atoms with van der Waals surface area (Å²) < 4.78 is 5.38. The number of morpholine rings is 1. The lowest BCUT2D eigenvalue weighted by Gasteiger charge is -2.37. The third-order valence-electron chi connectivity index (χ3n) is 4.49. The van der Waals surface area contributed by atoms with Gasteiger partial charge in [0.25, 0.3) is 0 Å². The number of carbonyl (C=O) groups is 1. The number of nitrogens with zero attached hydrogens (tertiary/aromatic N) is 2. The van der Waals surface area contributed by atoms with Crippen LogP contribution in [-0.2, 0) is 9.53 Å². The second-order valence-electron chi connectivity index (χ2n) is 6.07. The highest BCUT2D eigenvalue weighted by molar-refractivity contribution is 6.05. The molecule has 0 spiro atoms. The van der Waals surface area contributed by atoms with Gasteiger partial charge in [-0.05, 0) is 31.0 Å². The number of anilines is 2. The molecular weight excluding hydrogens is 278 g/mol. The highest BCUT2D eigenvalue weighted by Crippen LogP contribution is 2.32. The maximum absolute atomic E-state index is 12.7. The first kappa shape index (κ1) is 15.3. The lowest BCUT2D eigenvalue weighted by molar-refractivity contribution is -0.119. The van der Waals surface area contributed by atoms with Crippen LogP contribution < -0.4 is 10.2 Å². The molecule has 5 nitrogen and oxygen atoms in total. The Bertz CT molecular complexity index is 541. The van der Waals surface area contributed by atoms with Crippen molar-refractivity contribution in [2.75, 3.05) is 49.6 Å². The summed E-state index contributed by atoms with van der Waals surface area (Å²) in [6, 6.07) is 6.15. The van der Waals surface area contributed by atoms with Crippen molar-refractivity contribution >= 4 is 17.3 Å². The molecule has 0 saturated carbocycles. The molecular formula is C17H25N3O2. The van der Waals surface area contributed by atoms with Gasteiger partial charge in [-0.3, -0.25) is 9.69 Å². The normalized spacial score (nSPS) is 22.4. The summed E-state index contributed by atoms with van der Waals surface area (Å²) in [5.74, 6) is 0.187. The summed E-state index contributed by atoms with van der Waals surface area (Å²) in [5.41, 5.74) is 3.30. The fourth-order valence-corrected chi connectivity index (χ4v) is 3.13. The Labute approximate surface area is 132 Å². The lowest BCUT2D eigenvalue weighted by atomic mass is 10.1. The van der Waals surface area contributed by atoms with E-state index in [4.69, 9.17) is 4.74 Å². The Morgan fingerprint density at radius 2 is 2.05 bits per heavy atom. The molecule has 1 atom stereocenters. The Morgan fingerprint density at radius 1 is 1.27 bits per heavy atom. The van der Waals surface area contributed by atoms with Crippen LogP contribution in [0.2, 0.25) is 0 Å². The second-order valence-corrected chi connectivity index (χ2v) is 6.07. The summed E-state index contributed by atoms with van der Waals surface area (Å²) in [6.07, 6.45) is 0.806. The number of aryl methyl sites for hydroxylation is 1. The van der Waals surface area contributed by atoms with E-state index in [0.29, 0.717) is 0 Å². The zero-order valence-electron chi connectivity index (χ0n) is 13.5. The van der Waals surface area contributed by atoms with Crippen LogP contribution in [0.4, 0.5) is 11.4 Å². The predicted octanol–water partition coefficient (Wildman–Crippen LogP) is 1.86. The molecule has 2 aliphatic rings. The summed E-state index contributed by atoms with van der Waals surface area (Å²) in [6.45, 7) is 9.28. The van der Waals surface area contributed by atoms with Crippen LogP contribution in [0, 0.1) is 6.92 Å². The summed E-state index contributed by atoms with van der Waals surface area (Å²) >= 11 is 0. The predicted molar refractivity (Wildman–Crippen MR) is 88.5 cm³/mol. The topological polar surface area (TPSA) is 44.8 Å². The number of hydrogen-bond acceptors (Lipinski definition) is 4. The molecule has 0 aromatic heterocycles. The van der Waals surface area contributed by atoms with E-state index in [-0.39, 0.29) is 11.9 Å². The minimum atomic E-state index is -0.112. The maximum Gasteiger partial charge on any atom is 0.249 e. The number of nitrogens with one attached hydrogen (secondary N) is 1. The molecule has 0 aliphatic carbocycles. The van der Waals surface area contributed by atoms with Crippen molar-refractivity contribution in [1.82, 2.24) is 4.90 Å². The van der Waals surface area contributed by atoms with E-state index < -0.39 is 0 Å². The van der Waals surface area contributed by atoms with Crippen LogP contribution in [-0.4, -0.2) is 56.2 Å². The van der Waals surface area contributed by atoms with Crippen molar-refractivity contribution in [3.05, 3.63) is 23.8 Å². The van der Waals surface area contributed by atoms with Gasteiger partial charge in [-0.25, -0.2) is 0 Å². The van der Waals surface area contributed by atoms with Gasteiger partial charge >= 0.3 is 0 Å². The Kier molecular flexibility index (Phi) is 4.64. The molecule has 1 aromatic rings. The van der Waals surface area contributed by atoms with Gasteiger partial charge in [0.15, 0.2) is 0 Å². The Morgan fingerprint density at radius 3 is 2.77 bits per heavy atom. The number of rotatable bonds is 4. The van der Waals surface area contributed by atoms with Gasteiger partial charge in [0.2, 0.25) is 5.91 Å². The molecule has 1 saturated heterocycles. The van der Waals surface area contributed by atoms with E-state index in [1.54, 1.807) is 0 Å². The van der Waals surface area contributed by atoms with E-state index in [1.807, 2.05) is 4.90 Å². The van der Waals surface area contributed by atoms with Crippen molar-refractivity contribution < 1.29 is 9.53 Å². The number of amides is 1. The van der Waals surface area contributed by atoms with Gasteiger partial charge in [0, 0.05) is 26.2 Å². The molecule has 2 aliphatic heterocycles. The Hall–Kier alpha value is -1.59. The number of benzene rings is 1.